The van der Waals surface area contributed by atoms with Gasteiger partial charge in [0.1, 0.15) is 0 Å². The smallest absolute Gasteiger partial charge is 0.229 e. The standard InChI is InChI=1S/C14H28N4O2/c1-15-13-11-20-10-12(13)14(19)18-8-6-17(7-9-18)5-4-16(2)3/h12-13,15H,4-11H2,1-3H3. The van der Waals surface area contributed by atoms with Crippen LogP contribution < -0.4 is 5.32 Å². The summed E-state index contributed by atoms with van der Waals surface area (Å²) in [6.45, 7) is 7.03. The van der Waals surface area contributed by atoms with E-state index < -0.39 is 0 Å². The molecule has 20 heavy (non-hydrogen) atoms. The summed E-state index contributed by atoms with van der Waals surface area (Å²) in [5.41, 5.74) is 0. The summed E-state index contributed by atoms with van der Waals surface area (Å²) < 4.78 is 5.43. The third-order valence-corrected chi connectivity index (χ3v) is 4.32. The third kappa shape index (κ3) is 3.91. The number of ether oxygens (including phenoxy) is 1. The molecule has 1 N–H and O–H groups in total. The normalized spacial score (nSPS) is 28.3. The molecule has 2 heterocycles. The van der Waals surface area contributed by atoms with Crippen molar-refractivity contribution in [2.24, 2.45) is 5.92 Å². The van der Waals surface area contributed by atoms with E-state index in [1.807, 2.05) is 11.9 Å². The lowest BCUT2D eigenvalue weighted by molar-refractivity contribution is -0.137. The minimum atomic E-state index is -0.00618. The van der Waals surface area contributed by atoms with Crippen LogP contribution >= 0.6 is 0 Å². The van der Waals surface area contributed by atoms with Gasteiger partial charge in [-0.1, -0.05) is 0 Å². The zero-order chi connectivity index (χ0) is 14.5. The van der Waals surface area contributed by atoms with Gasteiger partial charge in [-0.05, 0) is 21.1 Å². The molecule has 0 saturated carbocycles. The summed E-state index contributed by atoms with van der Waals surface area (Å²) in [7, 11) is 6.09. The molecular weight excluding hydrogens is 256 g/mol. The lowest BCUT2D eigenvalue weighted by Gasteiger charge is -2.36. The Hall–Kier alpha value is -0.690. The first-order chi connectivity index (χ1) is 9.61. The van der Waals surface area contributed by atoms with Crippen molar-refractivity contribution < 1.29 is 9.53 Å². The van der Waals surface area contributed by atoms with Gasteiger partial charge >= 0.3 is 0 Å². The van der Waals surface area contributed by atoms with Crippen molar-refractivity contribution >= 4 is 5.91 Å². The molecular formula is C14H28N4O2. The van der Waals surface area contributed by atoms with Gasteiger partial charge in [0.15, 0.2) is 0 Å². The Labute approximate surface area is 122 Å². The number of likely N-dealkylation sites (N-methyl/N-ethyl adjacent to an activating group) is 2. The highest BCUT2D eigenvalue weighted by Gasteiger charge is 2.36. The highest BCUT2D eigenvalue weighted by molar-refractivity contribution is 5.80. The quantitative estimate of drug-likeness (QED) is 0.696. The summed E-state index contributed by atoms with van der Waals surface area (Å²) in [6.07, 6.45) is 0. The molecule has 6 nitrogen and oxygen atoms in total. The molecule has 0 bridgehead atoms. The second kappa shape index (κ2) is 7.36. The third-order valence-electron chi connectivity index (χ3n) is 4.32. The second-order valence-electron chi connectivity index (χ2n) is 6.01. The number of hydrogen-bond acceptors (Lipinski definition) is 5. The predicted octanol–water partition coefficient (Wildman–Crippen LogP) is -1.07. The molecule has 0 radical (unpaired) electrons. The SMILES string of the molecule is CNC1COCC1C(=O)N1CCN(CCN(C)C)CC1. The van der Waals surface area contributed by atoms with Crippen molar-refractivity contribution in [3.05, 3.63) is 0 Å². The van der Waals surface area contributed by atoms with E-state index in [1.54, 1.807) is 0 Å². The maximum absolute atomic E-state index is 12.5. The number of nitrogens with zero attached hydrogens (tertiary/aromatic N) is 3. The first-order valence-corrected chi connectivity index (χ1v) is 7.52. The van der Waals surface area contributed by atoms with Gasteiger partial charge in [-0.25, -0.2) is 0 Å². The van der Waals surface area contributed by atoms with Crippen LogP contribution in [0.3, 0.4) is 0 Å². The van der Waals surface area contributed by atoms with Gasteiger partial charge in [0.05, 0.1) is 19.1 Å². The highest BCUT2D eigenvalue weighted by Crippen LogP contribution is 2.17. The average molecular weight is 284 g/mol. The van der Waals surface area contributed by atoms with Crippen molar-refractivity contribution in [1.82, 2.24) is 20.0 Å². The van der Waals surface area contributed by atoms with Crippen LogP contribution in [0, 0.1) is 5.92 Å². The van der Waals surface area contributed by atoms with Crippen molar-refractivity contribution in [2.75, 3.05) is 73.6 Å². The van der Waals surface area contributed by atoms with Gasteiger partial charge in [-0.15, -0.1) is 0 Å². The monoisotopic (exact) mass is 284 g/mol. The Kier molecular flexibility index (Phi) is 5.77. The fourth-order valence-corrected chi connectivity index (χ4v) is 2.85. The summed E-state index contributed by atoms with van der Waals surface area (Å²) in [5, 5.41) is 3.19. The van der Waals surface area contributed by atoms with Crippen LogP contribution in [0.15, 0.2) is 0 Å². The number of amides is 1. The van der Waals surface area contributed by atoms with Gasteiger partial charge in [-0.3, -0.25) is 9.69 Å². The first-order valence-electron chi connectivity index (χ1n) is 7.52. The molecule has 1 amide bonds. The molecule has 6 heteroatoms. The number of nitrogens with one attached hydrogen (secondary N) is 1. The van der Waals surface area contributed by atoms with Crippen LogP contribution in [-0.4, -0.2) is 100 Å². The van der Waals surface area contributed by atoms with E-state index in [0.29, 0.717) is 13.2 Å². The molecule has 0 aromatic heterocycles. The zero-order valence-electron chi connectivity index (χ0n) is 13.0. The number of piperazine rings is 1. The lowest BCUT2D eigenvalue weighted by Crippen LogP contribution is -2.53. The maximum Gasteiger partial charge on any atom is 0.229 e. The Morgan fingerprint density at radius 2 is 1.95 bits per heavy atom. The largest absolute Gasteiger partial charge is 0.379 e. The van der Waals surface area contributed by atoms with Crippen molar-refractivity contribution in [3.63, 3.8) is 0 Å². The van der Waals surface area contributed by atoms with Crippen molar-refractivity contribution in [2.45, 2.75) is 6.04 Å². The Morgan fingerprint density at radius 3 is 2.55 bits per heavy atom. The molecule has 2 aliphatic heterocycles. The van der Waals surface area contributed by atoms with Crippen LogP contribution in [0.25, 0.3) is 0 Å². The van der Waals surface area contributed by atoms with Crippen LogP contribution in [-0.2, 0) is 9.53 Å². The van der Waals surface area contributed by atoms with Crippen molar-refractivity contribution in [1.29, 1.82) is 0 Å². The highest BCUT2D eigenvalue weighted by atomic mass is 16.5. The molecule has 2 saturated heterocycles. The molecule has 2 unspecified atom stereocenters. The van der Waals surface area contributed by atoms with Crippen LogP contribution in [0.5, 0.6) is 0 Å². The second-order valence-corrected chi connectivity index (χ2v) is 6.01. The van der Waals surface area contributed by atoms with Gasteiger partial charge in [0.2, 0.25) is 5.91 Å². The predicted molar refractivity (Wildman–Crippen MR) is 78.7 cm³/mol. The zero-order valence-corrected chi connectivity index (χ0v) is 13.0. The molecule has 0 aromatic carbocycles. The number of rotatable bonds is 5. The average Bonchev–Trinajstić information content (AvgIpc) is 2.93. The molecule has 0 aromatic rings. The van der Waals surface area contributed by atoms with E-state index in [2.05, 4.69) is 29.2 Å². The molecule has 116 valence electrons. The summed E-state index contributed by atoms with van der Waals surface area (Å²) in [5.74, 6) is 0.252. The number of carbonyl (C=O) groups is 1. The molecule has 2 rings (SSSR count). The Balaban J connectivity index is 1.77. The van der Waals surface area contributed by atoms with Gasteiger partial charge in [-0.2, -0.15) is 0 Å². The fourth-order valence-electron chi connectivity index (χ4n) is 2.85. The Morgan fingerprint density at radius 1 is 1.25 bits per heavy atom. The molecule has 2 atom stereocenters. The maximum atomic E-state index is 12.5. The van der Waals surface area contributed by atoms with E-state index in [4.69, 9.17) is 4.74 Å². The summed E-state index contributed by atoms with van der Waals surface area (Å²) >= 11 is 0. The minimum Gasteiger partial charge on any atom is -0.379 e. The van der Waals surface area contributed by atoms with Crippen molar-refractivity contribution in [3.8, 4) is 0 Å². The topological polar surface area (TPSA) is 48.1 Å². The van der Waals surface area contributed by atoms with E-state index >= 15 is 0 Å². The molecule has 2 fully saturated rings. The first kappa shape index (κ1) is 15.7. The minimum absolute atomic E-state index is 0.00618. The van der Waals surface area contributed by atoms with Crippen LogP contribution in [0.4, 0.5) is 0 Å². The lowest BCUT2D eigenvalue weighted by atomic mass is 10.0. The van der Waals surface area contributed by atoms with E-state index in [9.17, 15) is 4.79 Å². The van der Waals surface area contributed by atoms with Gasteiger partial charge in [0.25, 0.3) is 0 Å². The van der Waals surface area contributed by atoms with Gasteiger partial charge in [0, 0.05) is 45.3 Å². The summed E-state index contributed by atoms with van der Waals surface area (Å²) in [6, 6.07) is 0.175. The number of carbonyl (C=O) groups excluding carboxylic acids is 1. The van der Waals surface area contributed by atoms with E-state index in [1.165, 1.54) is 0 Å². The van der Waals surface area contributed by atoms with Gasteiger partial charge < -0.3 is 19.9 Å². The molecule has 2 aliphatic rings. The number of hydrogen-bond donors (Lipinski definition) is 1. The van der Waals surface area contributed by atoms with E-state index in [-0.39, 0.29) is 17.9 Å². The van der Waals surface area contributed by atoms with E-state index in [0.717, 1.165) is 39.3 Å². The molecule has 0 aliphatic carbocycles. The summed E-state index contributed by atoms with van der Waals surface area (Å²) in [4.78, 5) is 19.2. The van der Waals surface area contributed by atoms with Crippen LogP contribution in [0.2, 0.25) is 0 Å². The molecule has 0 spiro atoms. The Bertz CT molecular complexity index is 316. The van der Waals surface area contributed by atoms with Crippen LogP contribution in [0.1, 0.15) is 0 Å². The fraction of sp³-hybridized carbons (Fsp3) is 0.929.